The van der Waals surface area contributed by atoms with Gasteiger partial charge >= 0.3 is 0 Å². The third-order valence-electron chi connectivity index (χ3n) is 25.5. The fourth-order valence-electron chi connectivity index (χ4n) is 18.4. The molecule has 0 N–H and O–H groups in total. The fraction of sp³-hybridized carbons (Fsp3) is 0. The molecule has 0 fully saturated rings. The standard InChI is InChI=1S/2C43H27N5.C39H25N5/c1-2-14-35-28(8-1)9-3-17-38(35)43-47-41(33-22-18-29(19-23-33)36-15-4-10-31-12-6-26-44-39(31)36)46-42(48-43)34-24-20-30(21-25-34)37-16-5-11-32-13-7-27-45-40(32)37;1-2-8-35-27-36(24-15-28(35)7-1)43-47-41(33-20-16-29(17-21-33)37-13-3-9-31-11-5-25-44-39(31)37)46-42(48-43)34-22-18-30(19-23-34)38-14-4-10-32-12-6-26-45-40(32)38;1-2-8-30(9-3-1)37-42-38(31-20-16-26(17-21-31)33-14-4-10-28-12-6-24-40-35(28)33)44-39(43-37)32-22-18-27(19-23-32)34-15-5-11-29-13-7-25-41-36(29)34/h2*1-27H;1-25H. The molecule has 0 aliphatic heterocycles. The molecule has 26 rings (SSSR count). The highest BCUT2D eigenvalue weighted by Crippen LogP contribution is 2.40. The molecule has 26 aromatic rings. The van der Waals surface area contributed by atoms with Crippen LogP contribution in [0.5, 0.6) is 0 Å². The van der Waals surface area contributed by atoms with Gasteiger partial charge in [0.2, 0.25) is 0 Å². The number of fused-ring (bicyclic) bond motifs is 8. The maximum absolute atomic E-state index is 5.06. The van der Waals surface area contributed by atoms with Crippen LogP contribution in [-0.4, -0.2) is 74.8 Å². The molecule has 0 aliphatic carbocycles. The summed E-state index contributed by atoms with van der Waals surface area (Å²) in [6, 6.07) is 152. The minimum atomic E-state index is 0.618. The second-order valence-electron chi connectivity index (χ2n) is 34.1. The number of aromatic nitrogens is 15. The molecule has 140 heavy (non-hydrogen) atoms. The lowest BCUT2D eigenvalue weighted by atomic mass is 10.00. The van der Waals surface area contributed by atoms with Gasteiger partial charge < -0.3 is 0 Å². The van der Waals surface area contributed by atoms with Crippen molar-refractivity contribution in [2.24, 2.45) is 0 Å². The maximum Gasteiger partial charge on any atom is 0.164 e. The Hall–Kier alpha value is -19.3. The zero-order valence-electron chi connectivity index (χ0n) is 75.3. The Morgan fingerprint density at radius 3 is 0.586 bits per heavy atom. The van der Waals surface area contributed by atoms with Crippen molar-refractivity contribution in [2.45, 2.75) is 0 Å². The predicted octanol–water partition coefficient (Wildman–Crippen LogP) is 30.2. The number of pyridine rings is 6. The first-order valence-corrected chi connectivity index (χ1v) is 46.3. The summed E-state index contributed by atoms with van der Waals surface area (Å²) in [7, 11) is 0. The smallest absolute Gasteiger partial charge is 0.164 e. The normalized spacial score (nSPS) is 11.3. The van der Waals surface area contributed by atoms with E-state index >= 15 is 0 Å². The van der Waals surface area contributed by atoms with Gasteiger partial charge in [-0.2, -0.15) is 0 Å². The van der Waals surface area contributed by atoms with E-state index in [0.717, 1.165) is 198 Å². The van der Waals surface area contributed by atoms with Crippen LogP contribution in [0.25, 0.3) is 256 Å². The molecule has 0 saturated heterocycles. The van der Waals surface area contributed by atoms with E-state index in [1.54, 1.807) is 0 Å². The summed E-state index contributed by atoms with van der Waals surface area (Å²) in [6.07, 6.45) is 11.0. The van der Waals surface area contributed by atoms with Crippen molar-refractivity contribution in [3.05, 3.63) is 480 Å². The van der Waals surface area contributed by atoms with Crippen molar-refractivity contribution >= 4 is 87.0 Å². The summed E-state index contributed by atoms with van der Waals surface area (Å²) in [5.74, 6) is 5.62. The Morgan fingerprint density at radius 2 is 0.300 bits per heavy atom. The summed E-state index contributed by atoms with van der Waals surface area (Å²) in [4.78, 5) is 72.9. The summed E-state index contributed by atoms with van der Waals surface area (Å²) in [5.41, 5.74) is 27.3. The van der Waals surface area contributed by atoms with E-state index in [1.807, 2.05) is 104 Å². The third-order valence-corrected chi connectivity index (χ3v) is 25.5. The highest BCUT2D eigenvalue weighted by molar-refractivity contribution is 6.01. The SMILES string of the molecule is c1ccc(-c2nc(-c3ccc(-c4cccc5cccnc45)cc3)nc(-c3ccc(-c4cccc5cccnc45)cc3)n2)cc1.c1ccc2c(-c3nc(-c4ccc(-c5cccc6cccnc56)cc4)nc(-c4ccc(-c5cccc6cccnc56)cc4)n3)cccc2c1.c1ccc2cc(-c3nc(-c4ccc(-c5cccc6cccnc56)cc4)nc(-c4ccc(-c5cccc6cccnc56)cc4)n3)ccc2c1. The lowest BCUT2D eigenvalue weighted by molar-refractivity contribution is 1.07. The van der Waals surface area contributed by atoms with Crippen LogP contribution in [-0.2, 0) is 0 Å². The second kappa shape index (κ2) is 37.3. The molecule has 654 valence electrons. The zero-order chi connectivity index (χ0) is 93.0. The summed E-state index contributed by atoms with van der Waals surface area (Å²) in [6.45, 7) is 0. The van der Waals surface area contributed by atoms with Crippen molar-refractivity contribution in [1.29, 1.82) is 0 Å². The highest BCUT2D eigenvalue weighted by atomic mass is 15.1. The molecule has 0 aliphatic rings. The van der Waals surface area contributed by atoms with Crippen molar-refractivity contribution in [3.8, 4) is 169 Å². The van der Waals surface area contributed by atoms with Crippen molar-refractivity contribution in [3.63, 3.8) is 0 Å². The first kappa shape index (κ1) is 83.8. The average molecular weight is 1790 g/mol. The van der Waals surface area contributed by atoms with E-state index in [1.165, 1.54) is 5.39 Å². The number of nitrogens with zero attached hydrogens (tertiary/aromatic N) is 15. The molecule has 17 aromatic carbocycles. The number of hydrogen-bond donors (Lipinski definition) is 0. The third kappa shape index (κ3) is 16.9. The van der Waals surface area contributed by atoms with Gasteiger partial charge in [0.15, 0.2) is 52.4 Å². The Kier molecular flexibility index (Phi) is 22.3. The van der Waals surface area contributed by atoms with Crippen LogP contribution in [0.3, 0.4) is 0 Å². The molecule has 0 bridgehead atoms. The number of hydrogen-bond acceptors (Lipinski definition) is 15. The van der Waals surface area contributed by atoms with Crippen LogP contribution in [0.1, 0.15) is 0 Å². The Labute approximate surface area is 805 Å². The molecule has 0 saturated carbocycles. The van der Waals surface area contributed by atoms with E-state index < -0.39 is 0 Å². The Morgan fingerprint density at radius 1 is 0.107 bits per heavy atom. The largest absolute Gasteiger partial charge is 0.256 e. The average Bonchev–Trinajstić information content (AvgIpc) is 0.787. The second-order valence-corrected chi connectivity index (χ2v) is 34.1. The number of benzene rings is 17. The van der Waals surface area contributed by atoms with E-state index in [-0.39, 0.29) is 0 Å². The minimum Gasteiger partial charge on any atom is -0.256 e. The molecule has 15 nitrogen and oxygen atoms in total. The van der Waals surface area contributed by atoms with Gasteiger partial charge in [0.05, 0.1) is 33.1 Å². The summed E-state index contributed by atoms with van der Waals surface area (Å²) < 4.78 is 0. The van der Waals surface area contributed by atoms with Crippen molar-refractivity contribution in [2.75, 3.05) is 0 Å². The number of rotatable bonds is 15. The van der Waals surface area contributed by atoms with Gasteiger partial charge in [-0.25, -0.2) is 44.9 Å². The first-order chi connectivity index (χ1) is 69.3. The topological polar surface area (TPSA) is 193 Å². The van der Waals surface area contributed by atoms with Gasteiger partial charge in [0.25, 0.3) is 0 Å². The van der Waals surface area contributed by atoms with Gasteiger partial charge in [0, 0.05) is 153 Å². The molecule has 0 radical (unpaired) electrons. The Balaban J connectivity index is 0.000000114. The van der Waals surface area contributed by atoms with Gasteiger partial charge in [-0.05, 0) is 97.4 Å². The van der Waals surface area contributed by atoms with E-state index in [2.05, 4.69) is 406 Å². The van der Waals surface area contributed by atoms with E-state index in [0.29, 0.717) is 52.4 Å². The molecule has 0 unspecified atom stereocenters. The first-order valence-electron chi connectivity index (χ1n) is 46.3. The van der Waals surface area contributed by atoms with Gasteiger partial charge in [0.1, 0.15) is 0 Å². The lowest BCUT2D eigenvalue weighted by Crippen LogP contribution is -2.00. The van der Waals surface area contributed by atoms with Gasteiger partial charge in [-0.1, -0.05) is 400 Å². The molecular formula is C125H79N15. The summed E-state index contributed by atoms with van der Waals surface area (Å²) >= 11 is 0. The molecule has 9 heterocycles. The van der Waals surface area contributed by atoms with Crippen LogP contribution >= 0.6 is 0 Å². The maximum atomic E-state index is 5.06. The van der Waals surface area contributed by atoms with Crippen LogP contribution in [0.2, 0.25) is 0 Å². The van der Waals surface area contributed by atoms with E-state index in [9.17, 15) is 0 Å². The lowest BCUT2D eigenvalue weighted by Gasteiger charge is -2.12. The molecule has 0 atom stereocenters. The minimum absolute atomic E-state index is 0.618. The molecule has 15 heteroatoms. The fourth-order valence-corrected chi connectivity index (χ4v) is 18.4. The quantitative estimate of drug-likeness (QED) is 0.0940. The van der Waals surface area contributed by atoms with E-state index in [4.69, 9.17) is 44.9 Å². The zero-order valence-corrected chi connectivity index (χ0v) is 75.3. The monoisotopic (exact) mass is 1790 g/mol. The predicted molar refractivity (Wildman–Crippen MR) is 568 cm³/mol. The molecule has 9 aromatic heterocycles. The van der Waals surface area contributed by atoms with Crippen LogP contribution in [0.15, 0.2) is 480 Å². The van der Waals surface area contributed by atoms with Gasteiger partial charge in [-0.15, -0.1) is 0 Å². The number of para-hydroxylation sites is 6. The van der Waals surface area contributed by atoms with Crippen LogP contribution in [0, 0.1) is 0 Å². The molecule has 0 spiro atoms. The highest BCUT2D eigenvalue weighted by Gasteiger charge is 2.22. The van der Waals surface area contributed by atoms with Crippen molar-refractivity contribution in [1.82, 2.24) is 74.8 Å². The van der Waals surface area contributed by atoms with Crippen LogP contribution < -0.4 is 0 Å². The van der Waals surface area contributed by atoms with Crippen LogP contribution in [0.4, 0.5) is 0 Å². The molecular weight excluding hydrogens is 1710 g/mol. The van der Waals surface area contributed by atoms with Crippen molar-refractivity contribution < 1.29 is 0 Å². The Bertz CT molecular complexity index is 8700. The summed E-state index contributed by atoms with van der Waals surface area (Å²) in [5, 5.41) is 11.2. The van der Waals surface area contributed by atoms with Gasteiger partial charge in [-0.3, -0.25) is 29.9 Å². The molecule has 0 amide bonds.